The van der Waals surface area contributed by atoms with Gasteiger partial charge in [0.05, 0.1) is 19.8 Å². The third kappa shape index (κ3) is 5.86. The molecule has 0 aliphatic carbocycles. The number of phosphoric ester groups is 1. The Morgan fingerprint density at radius 1 is 1.31 bits per heavy atom. The molecule has 3 aromatic rings. The SMILES string of the molecule is Cn1nnc(-c2ccc(-c3ccc(NC[C@@H](O)COP(=O)(O)O)cc3F)cn2)n1. The van der Waals surface area contributed by atoms with Crippen LogP contribution in [0.4, 0.5) is 10.1 Å². The second-order valence-corrected chi connectivity index (χ2v) is 7.29. The van der Waals surface area contributed by atoms with Gasteiger partial charge in [-0.1, -0.05) is 6.07 Å². The summed E-state index contributed by atoms with van der Waals surface area (Å²) in [5.74, 6) is -0.150. The molecule has 1 atom stereocenters. The Labute approximate surface area is 164 Å². The van der Waals surface area contributed by atoms with Crippen LogP contribution in [0.5, 0.6) is 0 Å². The van der Waals surface area contributed by atoms with Crippen molar-refractivity contribution in [1.29, 1.82) is 0 Å². The number of hydrogen-bond acceptors (Lipinski definition) is 8. The highest BCUT2D eigenvalue weighted by atomic mass is 31.2. The Hall–Kier alpha value is -2.76. The van der Waals surface area contributed by atoms with E-state index in [9.17, 15) is 14.1 Å². The predicted octanol–water partition coefficient (Wildman–Crippen LogP) is 0.960. The Balaban J connectivity index is 1.64. The fourth-order valence-electron chi connectivity index (χ4n) is 2.41. The van der Waals surface area contributed by atoms with Crippen LogP contribution in [-0.2, 0) is 16.1 Å². The second kappa shape index (κ2) is 8.72. The number of aliphatic hydroxyl groups is 1. The first kappa shape index (κ1) is 21.0. The van der Waals surface area contributed by atoms with E-state index in [4.69, 9.17) is 9.79 Å². The molecule has 0 saturated heterocycles. The summed E-state index contributed by atoms with van der Waals surface area (Å²) in [4.78, 5) is 22.7. The Morgan fingerprint density at radius 2 is 2.10 bits per heavy atom. The minimum absolute atomic E-state index is 0.0832. The summed E-state index contributed by atoms with van der Waals surface area (Å²) < 4.78 is 29.3. The first-order valence-electron chi connectivity index (χ1n) is 8.33. The zero-order valence-corrected chi connectivity index (χ0v) is 16.1. The van der Waals surface area contributed by atoms with E-state index in [1.165, 1.54) is 17.1 Å². The number of rotatable bonds is 8. The molecule has 0 aliphatic rings. The van der Waals surface area contributed by atoms with Gasteiger partial charge < -0.3 is 20.2 Å². The molecule has 11 nitrogen and oxygen atoms in total. The number of anilines is 1. The van der Waals surface area contributed by atoms with Crippen LogP contribution in [0.1, 0.15) is 0 Å². The van der Waals surface area contributed by atoms with E-state index in [1.807, 2.05) is 0 Å². The van der Waals surface area contributed by atoms with Gasteiger partial charge in [0.2, 0.25) is 5.82 Å². The van der Waals surface area contributed by atoms with E-state index in [0.717, 1.165) is 0 Å². The maximum absolute atomic E-state index is 14.5. The number of aliphatic hydroxyl groups excluding tert-OH is 1. The van der Waals surface area contributed by atoms with Crippen molar-refractivity contribution >= 4 is 13.5 Å². The molecule has 0 amide bonds. The molecule has 0 radical (unpaired) electrons. The average molecular weight is 424 g/mol. The number of phosphoric acid groups is 1. The fraction of sp³-hybridized carbons (Fsp3) is 0.250. The highest BCUT2D eigenvalue weighted by molar-refractivity contribution is 7.46. The zero-order valence-electron chi connectivity index (χ0n) is 15.2. The van der Waals surface area contributed by atoms with Gasteiger partial charge in [-0.3, -0.25) is 9.51 Å². The van der Waals surface area contributed by atoms with Crippen LogP contribution in [-0.4, -0.2) is 59.3 Å². The number of halogens is 1. The molecule has 0 spiro atoms. The molecule has 2 heterocycles. The summed E-state index contributed by atoms with van der Waals surface area (Å²) in [5.41, 5.74) is 1.77. The first-order chi connectivity index (χ1) is 13.7. The lowest BCUT2D eigenvalue weighted by Crippen LogP contribution is -2.24. The van der Waals surface area contributed by atoms with Crippen molar-refractivity contribution in [2.75, 3.05) is 18.5 Å². The minimum atomic E-state index is -4.65. The average Bonchev–Trinajstić information content (AvgIpc) is 3.11. The first-order valence-corrected chi connectivity index (χ1v) is 9.86. The number of pyridine rings is 1. The molecule has 0 aliphatic heterocycles. The van der Waals surface area contributed by atoms with Gasteiger partial charge in [0.15, 0.2) is 0 Å². The van der Waals surface area contributed by atoms with Gasteiger partial charge in [0.1, 0.15) is 11.5 Å². The molecule has 0 unspecified atom stereocenters. The molecule has 3 rings (SSSR count). The van der Waals surface area contributed by atoms with Crippen molar-refractivity contribution in [2.45, 2.75) is 6.10 Å². The van der Waals surface area contributed by atoms with Crippen molar-refractivity contribution in [1.82, 2.24) is 25.2 Å². The summed E-state index contributed by atoms with van der Waals surface area (Å²) in [6, 6.07) is 7.74. The number of benzene rings is 1. The Morgan fingerprint density at radius 3 is 2.69 bits per heavy atom. The highest BCUT2D eigenvalue weighted by Gasteiger charge is 2.17. The number of hydrogen-bond donors (Lipinski definition) is 4. The standard InChI is InChI=1S/C16H18FN6O5P/c1-23-21-16(20-22-23)15-5-2-10(7-19-15)13-4-3-11(6-14(13)17)18-8-12(24)9-28-29(25,26)27/h2-7,12,18,24H,8-9H2,1H3,(H2,25,26,27)/t12-/m1/s1. The lowest BCUT2D eigenvalue weighted by Gasteiger charge is -2.14. The largest absolute Gasteiger partial charge is 0.469 e. The number of nitrogens with one attached hydrogen (secondary N) is 1. The van der Waals surface area contributed by atoms with Crippen molar-refractivity contribution in [3.05, 3.63) is 42.3 Å². The molecule has 4 N–H and O–H groups in total. The maximum Gasteiger partial charge on any atom is 0.469 e. The summed E-state index contributed by atoms with van der Waals surface area (Å²) in [6.07, 6.45) is 0.317. The van der Waals surface area contributed by atoms with Crippen LogP contribution < -0.4 is 5.32 Å². The smallest absolute Gasteiger partial charge is 0.389 e. The summed E-state index contributed by atoms with van der Waals surface area (Å²) in [5, 5.41) is 24.1. The topological polar surface area (TPSA) is 156 Å². The molecule has 1 aromatic carbocycles. The second-order valence-electron chi connectivity index (χ2n) is 6.05. The van der Waals surface area contributed by atoms with Gasteiger partial charge in [-0.05, 0) is 29.5 Å². The monoisotopic (exact) mass is 424 g/mol. The maximum atomic E-state index is 14.5. The molecule has 0 saturated carbocycles. The van der Waals surface area contributed by atoms with Gasteiger partial charge in [-0.15, -0.1) is 10.2 Å². The molecular weight excluding hydrogens is 406 g/mol. The Bertz CT molecular complexity index is 1020. The van der Waals surface area contributed by atoms with Gasteiger partial charge >= 0.3 is 7.82 Å². The van der Waals surface area contributed by atoms with Crippen molar-refractivity contribution in [3.8, 4) is 22.6 Å². The van der Waals surface area contributed by atoms with E-state index in [0.29, 0.717) is 28.3 Å². The molecule has 0 fully saturated rings. The van der Waals surface area contributed by atoms with Crippen LogP contribution in [0, 0.1) is 5.82 Å². The summed E-state index contributed by atoms with van der Waals surface area (Å²) >= 11 is 0. The van der Waals surface area contributed by atoms with E-state index in [1.54, 1.807) is 31.3 Å². The van der Waals surface area contributed by atoms with E-state index in [-0.39, 0.29) is 6.54 Å². The normalized spacial score (nSPS) is 12.7. The summed E-state index contributed by atoms with van der Waals surface area (Å²) in [7, 11) is -3.01. The fourth-order valence-corrected chi connectivity index (χ4v) is 2.78. The molecule has 13 heteroatoms. The molecule has 29 heavy (non-hydrogen) atoms. The lowest BCUT2D eigenvalue weighted by molar-refractivity contribution is 0.0930. The minimum Gasteiger partial charge on any atom is -0.389 e. The molecular formula is C16H18FN6O5P. The number of tetrazole rings is 1. The molecule has 0 bridgehead atoms. The third-order valence-electron chi connectivity index (χ3n) is 3.76. The van der Waals surface area contributed by atoms with Crippen molar-refractivity contribution < 1.29 is 28.4 Å². The van der Waals surface area contributed by atoms with Gasteiger partial charge in [0, 0.05) is 29.6 Å². The number of aromatic nitrogens is 5. The van der Waals surface area contributed by atoms with Crippen molar-refractivity contribution in [2.24, 2.45) is 7.05 Å². The zero-order chi connectivity index (χ0) is 21.0. The molecule has 2 aromatic heterocycles. The van der Waals surface area contributed by atoms with Crippen molar-refractivity contribution in [3.63, 3.8) is 0 Å². The quantitative estimate of drug-likeness (QED) is 0.384. The predicted molar refractivity (Wildman–Crippen MR) is 99.9 cm³/mol. The van der Waals surface area contributed by atoms with Gasteiger partial charge in [0.25, 0.3) is 0 Å². The number of aryl methyl sites for hydroxylation is 1. The van der Waals surface area contributed by atoms with E-state index < -0.39 is 26.4 Å². The van der Waals surface area contributed by atoms with Crippen LogP contribution in [0.2, 0.25) is 0 Å². The van der Waals surface area contributed by atoms with Gasteiger partial charge in [-0.2, -0.15) is 4.80 Å². The van der Waals surface area contributed by atoms with E-state index >= 15 is 0 Å². The lowest BCUT2D eigenvalue weighted by atomic mass is 10.1. The summed E-state index contributed by atoms with van der Waals surface area (Å²) in [6.45, 7) is -0.642. The highest BCUT2D eigenvalue weighted by Crippen LogP contribution is 2.35. The molecule has 154 valence electrons. The number of nitrogens with zero attached hydrogens (tertiary/aromatic N) is 5. The van der Waals surface area contributed by atoms with Crippen LogP contribution >= 0.6 is 7.82 Å². The Kier molecular flexibility index (Phi) is 6.30. The third-order valence-corrected chi connectivity index (χ3v) is 4.24. The van der Waals surface area contributed by atoms with E-state index in [2.05, 4.69) is 30.2 Å². The van der Waals surface area contributed by atoms with Crippen LogP contribution in [0.3, 0.4) is 0 Å². The van der Waals surface area contributed by atoms with Crippen LogP contribution in [0.15, 0.2) is 36.5 Å². The van der Waals surface area contributed by atoms with Gasteiger partial charge in [-0.25, -0.2) is 8.96 Å². The van der Waals surface area contributed by atoms with Crippen LogP contribution in [0.25, 0.3) is 22.6 Å².